The van der Waals surface area contributed by atoms with Gasteiger partial charge in [0.25, 0.3) is 0 Å². The Balaban J connectivity index is 1.69. The Morgan fingerprint density at radius 2 is 1.64 bits per heavy atom. The van der Waals surface area contributed by atoms with Crippen molar-refractivity contribution in [1.82, 2.24) is 5.32 Å². The fourth-order valence-electron chi connectivity index (χ4n) is 2.75. The molecule has 2 rings (SSSR count). The van der Waals surface area contributed by atoms with Gasteiger partial charge in [-0.05, 0) is 57.9 Å². The number of hydrogen-bond donors (Lipinski definition) is 1. The van der Waals surface area contributed by atoms with Gasteiger partial charge in [0.15, 0.2) is 0 Å². The summed E-state index contributed by atoms with van der Waals surface area (Å²) in [6, 6.07) is 0. The third-order valence-corrected chi connectivity index (χ3v) is 4.17. The highest BCUT2D eigenvalue weighted by atomic mass is 15.0. The highest BCUT2D eigenvalue weighted by Crippen LogP contribution is 2.39. The molecule has 2 aliphatic rings. The van der Waals surface area contributed by atoms with Crippen LogP contribution < -0.4 is 5.32 Å². The predicted molar refractivity (Wildman–Crippen MR) is 61.4 cm³/mol. The zero-order valence-electron chi connectivity index (χ0n) is 9.81. The summed E-state index contributed by atoms with van der Waals surface area (Å²) in [4.78, 5) is 0. The van der Waals surface area contributed by atoms with Gasteiger partial charge in [0.1, 0.15) is 0 Å². The van der Waals surface area contributed by atoms with Gasteiger partial charge in [-0.1, -0.05) is 19.3 Å². The predicted octanol–water partition coefficient (Wildman–Crippen LogP) is 3.34. The van der Waals surface area contributed by atoms with Crippen molar-refractivity contribution in [2.75, 3.05) is 6.54 Å². The largest absolute Gasteiger partial charge is 0.311 e. The maximum absolute atomic E-state index is 3.79. The maximum Gasteiger partial charge on any atom is 0.0153 e. The molecule has 0 unspecified atom stereocenters. The first-order valence-corrected chi connectivity index (χ1v) is 6.43. The van der Waals surface area contributed by atoms with Crippen LogP contribution in [0.15, 0.2) is 0 Å². The summed E-state index contributed by atoms with van der Waals surface area (Å²) in [6.45, 7) is 6.03. The molecule has 0 radical (unpaired) electrons. The average Bonchev–Trinajstić information content (AvgIpc) is 3.00. The van der Waals surface area contributed by atoms with Crippen LogP contribution in [-0.4, -0.2) is 12.1 Å². The van der Waals surface area contributed by atoms with Gasteiger partial charge in [0, 0.05) is 5.54 Å². The molecule has 82 valence electrons. The van der Waals surface area contributed by atoms with Crippen LogP contribution in [0.3, 0.4) is 0 Å². The summed E-state index contributed by atoms with van der Waals surface area (Å²) in [5.74, 6) is 1.94. The lowest BCUT2D eigenvalue weighted by Crippen LogP contribution is -2.44. The summed E-state index contributed by atoms with van der Waals surface area (Å²) in [6.07, 6.45) is 10.2. The second kappa shape index (κ2) is 4.22. The summed E-state index contributed by atoms with van der Waals surface area (Å²) >= 11 is 0. The average molecular weight is 195 g/mol. The number of hydrogen-bond acceptors (Lipinski definition) is 1. The molecule has 0 spiro atoms. The van der Waals surface area contributed by atoms with Crippen molar-refractivity contribution < 1.29 is 0 Å². The first kappa shape index (κ1) is 10.5. The summed E-state index contributed by atoms with van der Waals surface area (Å²) in [5.41, 5.74) is 0.414. The van der Waals surface area contributed by atoms with Gasteiger partial charge in [-0.25, -0.2) is 0 Å². The van der Waals surface area contributed by atoms with Crippen molar-refractivity contribution >= 4 is 0 Å². The van der Waals surface area contributed by atoms with E-state index in [1.54, 1.807) is 0 Å². The van der Waals surface area contributed by atoms with E-state index in [4.69, 9.17) is 0 Å². The highest BCUT2D eigenvalue weighted by molar-refractivity contribution is 4.94. The first-order chi connectivity index (χ1) is 6.68. The standard InChI is InChI=1S/C13H25N/c1-13(2,12-8-9-12)14-10-11-6-4-3-5-7-11/h11-12,14H,3-10H2,1-2H3. The van der Waals surface area contributed by atoms with E-state index in [9.17, 15) is 0 Å². The van der Waals surface area contributed by atoms with Gasteiger partial charge < -0.3 is 5.32 Å². The van der Waals surface area contributed by atoms with Crippen molar-refractivity contribution in [1.29, 1.82) is 0 Å². The smallest absolute Gasteiger partial charge is 0.0153 e. The van der Waals surface area contributed by atoms with Gasteiger partial charge in [0.05, 0.1) is 0 Å². The van der Waals surface area contributed by atoms with Gasteiger partial charge >= 0.3 is 0 Å². The lowest BCUT2D eigenvalue weighted by molar-refractivity contribution is 0.274. The van der Waals surface area contributed by atoms with Crippen LogP contribution in [0.1, 0.15) is 58.8 Å². The second-order valence-electron chi connectivity index (χ2n) is 5.88. The van der Waals surface area contributed by atoms with Crippen molar-refractivity contribution in [3.63, 3.8) is 0 Å². The van der Waals surface area contributed by atoms with E-state index in [0.29, 0.717) is 5.54 Å². The Bertz CT molecular complexity index is 176. The van der Waals surface area contributed by atoms with Crippen molar-refractivity contribution in [2.24, 2.45) is 11.8 Å². The Labute approximate surface area is 88.7 Å². The second-order valence-corrected chi connectivity index (χ2v) is 5.88. The van der Waals surface area contributed by atoms with Crippen LogP contribution in [0, 0.1) is 11.8 Å². The SMILES string of the molecule is CC(C)(NCC1CCCCC1)C1CC1. The zero-order chi connectivity index (χ0) is 10.0. The Morgan fingerprint density at radius 3 is 2.21 bits per heavy atom. The molecular weight excluding hydrogens is 170 g/mol. The molecule has 0 aromatic heterocycles. The zero-order valence-corrected chi connectivity index (χ0v) is 9.81. The molecule has 0 aliphatic heterocycles. The van der Waals surface area contributed by atoms with Crippen LogP contribution in [0.25, 0.3) is 0 Å². The molecule has 0 amide bonds. The fourth-order valence-corrected chi connectivity index (χ4v) is 2.75. The molecule has 0 saturated heterocycles. The molecule has 0 atom stereocenters. The van der Waals surface area contributed by atoms with E-state index in [1.807, 2.05) is 0 Å². The lowest BCUT2D eigenvalue weighted by atomic mass is 9.88. The van der Waals surface area contributed by atoms with E-state index >= 15 is 0 Å². The molecule has 0 aromatic rings. The molecule has 1 heteroatoms. The minimum Gasteiger partial charge on any atom is -0.311 e. The van der Waals surface area contributed by atoms with Gasteiger partial charge in [0.2, 0.25) is 0 Å². The monoisotopic (exact) mass is 195 g/mol. The lowest BCUT2D eigenvalue weighted by Gasteiger charge is -2.30. The molecule has 2 aliphatic carbocycles. The first-order valence-electron chi connectivity index (χ1n) is 6.43. The van der Waals surface area contributed by atoms with Crippen LogP contribution in [0.4, 0.5) is 0 Å². The Morgan fingerprint density at radius 1 is 1.00 bits per heavy atom. The van der Waals surface area contributed by atoms with Crippen molar-refractivity contribution in [3.8, 4) is 0 Å². The van der Waals surface area contributed by atoms with Crippen molar-refractivity contribution in [2.45, 2.75) is 64.3 Å². The summed E-state index contributed by atoms with van der Waals surface area (Å²) in [5, 5.41) is 3.79. The molecule has 1 N–H and O–H groups in total. The van der Waals surface area contributed by atoms with Crippen molar-refractivity contribution in [3.05, 3.63) is 0 Å². The molecular formula is C13H25N. The highest BCUT2D eigenvalue weighted by Gasteiger charge is 2.37. The van der Waals surface area contributed by atoms with E-state index in [1.165, 1.54) is 51.5 Å². The minimum atomic E-state index is 0.414. The van der Waals surface area contributed by atoms with E-state index in [-0.39, 0.29) is 0 Å². The van der Waals surface area contributed by atoms with Gasteiger partial charge in [-0.3, -0.25) is 0 Å². The van der Waals surface area contributed by atoms with E-state index in [2.05, 4.69) is 19.2 Å². The number of nitrogens with one attached hydrogen (secondary N) is 1. The normalized spacial score (nSPS) is 25.3. The third-order valence-electron chi connectivity index (χ3n) is 4.17. The van der Waals surface area contributed by atoms with Crippen LogP contribution in [0.5, 0.6) is 0 Å². The van der Waals surface area contributed by atoms with Gasteiger partial charge in [-0.2, -0.15) is 0 Å². The van der Waals surface area contributed by atoms with E-state index < -0.39 is 0 Å². The van der Waals surface area contributed by atoms with Crippen LogP contribution in [-0.2, 0) is 0 Å². The van der Waals surface area contributed by atoms with E-state index in [0.717, 1.165) is 11.8 Å². The molecule has 14 heavy (non-hydrogen) atoms. The maximum atomic E-state index is 3.79. The molecule has 0 bridgehead atoms. The number of rotatable bonds is 4. The fraction of sp³-hybridized carbons (Fsp3) is 1.00. The molecule has 2 fully saturated rings. The minimum absolute atomic E-state index is 0.414. The summed E-state index contributed by atoms with van der Waals surface area (Å²) in [7, 11) is 0. The van der Waals surface area contributed by atoms with Crippen LogP contribution in [0.2, 0.25) is 0 Å². The molecule has 0 aromatic carbocycles. The quantitative estimate of drug-likeness (QED) is 0.725. The Kier molecular flexibility index (Phi) is 3.16. The molecule has 1 nitrogen and oxygen atoms in total. The summed E-state index contributed by atoms with van der Waals surface area (Å²) < 4.78 is 0. The van der Waals surface area contributed by atoms with Crippen LogP contribution >= 0.6 is 0 Å². The third kappa shape index (κ3) is 2.73. The Hall–Kier alpha value is -0.0400. The van der Waals surface area contributed by atoms with Gasteiger partial charge in [-0.15, -0.1) is 0 Å². The topological polar surface area (TPSA) is 12.0 Å². The molecule has 0 heterocycles. The molecule has 2 saturated carbocycles.